The number of carboxylic acids is 1. The lowest BCUT2D eigenvalue weighted by atomic mass is 9.90. The highest BCUT2D eigenvalue weighted by Gasteiger charge is 2.30. The van der Waals surface area contributed by atoms with E-state index in [-0.39, 0.29) is 29.7 Å². The van der Waals surface area contributed by atoms with E-state index in [0.29, 0.717) is 13.0 Å². The van der Waals surface area contributed by atoms with Gasteiger partial charge in [0.2, 0.25) is 0 Å². The minimum atomic E-state index is -1.09. The number of hydrogen-bond acceptors (Lipinski definition) is 3. The monoisotopic (exact) mass is 277 g/mol. The van der Waals surface area contributed by atoms with Crippen LogP contribution in [-0.2, 0) is 0 Å². The van der Waals surface area contributed by atoms with Gasteiger partial charge in [0.25, 0.3) is 5.91 Å². The zero-order valence-corrected chi connectivity index (χ0v) is 11.3. The number of carbonyl (C=O) groups is 2. The summed E-state index contributed by atoms with van der Waals surface area (Å²) in [4.78, 5) is 25.5. The van der Waals surface area contributed by atoms with E-state index in [1.54, 1.807) is 23.1 Å². The second-order valence-corrected chi connectivity index (χ2v) is 5.01. The molecule has 5 nitrogen and oxygen atoms in total. The van der Waals surface area contributed by atoms with Crippen LogP contribution in [0, 0.1) is 0 Å². The topological polar surface area (TPSA) is 77.8 Å². The Hall–Kier alpha value is -1.88. The molecule has 2 N–H and O–H groups in total. The highest BCUT2D eigenvalue weighted by molar-refractivity contribution is 6.04. The van der Waals surface area contributed by atoms with Crippen molar-refractivity contribution >= 4 is 11.9 Å². The quantitative estimate of drug-likeness (QED) is 0.830. The SMILES string of the molecule is O=C(O)c1ccccc1C(=O)N(CCCO)C1CCC1. The van der Waals surface area contributed by atoms with Crippen molar-refractivity contribution in [3.63, 3.8) is 0 Å². The van der Waals surface area contributed by atoms with E-state index in [1.807, 2.05) is 0 Å². The highest BCUT2D eigenvalue weighted by atomic mass is 16.4. The molecule has 1 amide bonds. The summed E-state index contributed by atoms with van der Waals surface area (Å²) in [7, 11) is 0. The zero-order valence-electron chi connectivity index (χ0n) is 11.3. The number of hydrogen-bond donors (Lipinski definition) is 2. The molecular weight excluding hydrogens is 258 g/mol. The first kappa shape index (κ1) is 14.5. The van der Waals surface area contributed by atoms with E-state index < -0.39 is 5.97 Å². The van der Waals surface area contributed by atoms with E-state index >= 15 is 0 Å². The Morgan fingerprint density at radius 2 is 1.85 bits per heavy atom. The van der Waals surface area contributed by atoms with Crippen molar-refractivity contribution < 1.29 is 19.8 Å². The molecule has 108 valence electrons. The number of aromatic carboxylic acids is 1. The zero-order chi connectivity index (χ0) is 14.5. The molecule has 5 heteroatoms. The number of rotatable bonds is 6. The summed E-state index contributed by atoms with van der Waals surface area (Å²) in [5.74, 6) is -1.34. The second kappa shape index (κ2) is 6.52. The van der Waals surface area contributed by atoms with Gasteiger partial charge in [0.15, 0.2) is 0 Å². The van der Waals surface area contributed by atoms with Crippen LogP contribution < -0.4 is 0 Å². The van der Waals surface area contributed by atoms with Gasteiger partial charge in [-0.3, -0.25) is 4.79 Å². The number of aliphatic hydroxyl groups is 1. The Labute approximate surface area is 117 Å². The summed E-state index contributed by atoms with van der Waals surface area (Å²) in [5.41, 5.74) is 0.260. The fraction of sp³-hybridized carbons (Fsp3) is 0.467. The molecule has 1 saturated carbocycles. The van der Waals surface area contributed by atoms with Gasteiger partial charge in [-0.25, -0.2) is 4.79 Å². The predicted octanol–water partition coefficient (Wildman–Crippen LogP) is 1.76. The Kier molecular flexibility index (Phi) is 4.74. The third-order valence-corrected chi connectivity index (χ3v) is 3.72. The van der Waals surface area contributed by atoms with Gasteiger partial charge >= 0.3 is 5.97 Å². The summed E-state index contributed by atoms with van der Waals surface area (Å²) in [6, 6.07) is 6.46. The summed E-state index contributed by atoms with van der Waals surface area (Å²) in [6.07, 6.45) is 3.50. The van der Waals surface area contributed by atoms with Gasteiger partial charge < -0.3 is 15.1 Å². The largest absolute Gasteiger partial charge is 0.478 e. The molecule has 1 aliphatic carbocycles. The van der Waals surface area contributed by atoms with Crippen molar-refractivity contribution in [1.29, 1.82) is 0 Å². The molecule has 1 aromatic carbocycles. The van der Waals surface area contributed by atoms with Gasteiger partial charge in [0.1, 0.15) is 0 Å². The van der Waals surface area contributed by atoms with E-state index in [9.17, 15) is 14.7 Å². The summed E-state index contributed by atoms with van der Waals surface area (Å²) >= 11 is 0. The molecule has 0 atom stereocenters. The first-order chi connectivity index (χ1) is 9.65. The molecule has 0 radical (unpaired) electrons. The number of amides is 1. The van der Waals surface area contributed by atoms with Gasteiger partial charge in [0, 0.05) is 19.2 Å². The molecule has 0 unspecified atom stereocenters. The second-order valence-electron chi connectivity index (χ2n) is 5.01. The normalized spacial score (nSPS) is 14.7. The van der Waals surface area contributed by atoms with Crippen molar-refractivity contribution in [3.05, 3.63) is 35.4 Å². The fourth-order valence-corrected chi connectivity index (χ4v) is 2.40. The lowest BCUT2D eigenvalue weighted by Gasteiger charge is -2.37. The lowest BCUT2D eigenvalue weighted by Crippen LogP contribution is -2.45. The molecule has 1 fully saturated rings. The molecular formula is C15H19NO4. The predicted molar refractivity (Wildman–Crippen MR) is 73.8 cm³/mol. The van der Waals surface area contributed by atoms with Crippen molar-refractivity contribution in [2.24, 2.45) is 0 Å². The molecule has 0 heterocycles. The number of carbonyl (C=O) groups excluding carboxylic acids is 1. The maximum Gasteiger partial charge on any atom is 0.336 e. The van der Waals surface area contributed by atoms with Crippen molar-refractivity contribution in [3.8, 4) is 0 Å². The number of aliphatic hydroxyl groups excluding tert-OH is 1. The van der Waals surface area contributed by atoms with Crippen LogP contribution in [0.4, 0.5) is 0 Å². The van der Waals surface area contributed by atoms with Crippen molar-refractivity contribution in [1.82, 2.24) is 4.90 Å². The standard InChI is InChI=1S/C15H19NO4/c17-10-4-9-16(11-5-3-6-11)14(18)12-7-1-2-8-13(12)15(19)20/h1-2,7-8,11,17H,3-6,9-10H2,(H,19,20). The summed E-state index contributed by atoms with van der Waals surface area (Å²) in [5, 5.41) is 18.1. The first-order valence-electron chi connectivity index (χ1n) is 6.89. The van der Waals surface area contributed by atoms with Gasteiger partial charge in [-0.15, -0.1) is 0 Å². The number of carboxylic acid groups (broad SMARTS) is 1. The van der Waals surface area contributed by atoms with Crippen LogP contribution in [0.15, 0.2) is 24.3 Å². The minimum Gasteiger partial charge on any atom is -0.478 e. The van der Waals surface area contributed by atoms with Crippen LogP contribution in [0.1, 0.15) is 46.4 Å². The van der Waals surface area contributed by atoms with Crippen LogP contribution in [0.2, 0.25) is 0 Å². The molecule has 0 aromatic heterocycles. The average molecular weight is 277 g/mol. The van der Waals surface area contributed by atoms with Crippen molar-refractivity contribution in [2.75, 3.05) is 13.2 Å². The Balaban J connectivity index is 2.24. The van der Waals surface area contributed by atoms with Gasteiger partial charge in [-0.1, -0.05) is 12.1 Å². The van der Waals surface area contributed by atoms with E-state index in [4.69, 9.17) is 5.11 Å². The Bertz CT molecular complexity index is 496. The van der Waals surface area contributed by atoms with E-state index in [0.717, 1.165) is 19.3 Å². The fourth-order valence-electron chi connectivity index (χ4n) is 2.40. The molecule has 1 aliphatic rings. The molecule has 0 spiro atoms. The highest BCUT2D eigenvalue weighted by Crippen LogP contribution is 2.27. The Morgan fingerprint density at radius 3 is 2.35 bits per heavy atom. The number of nitrogens with zero attached hydrogens (tertiary/aromatic N) is 1. The van der Waals surface area contributed by atoms with E-state index in [1.165, 1.54) is 6.07 Å². The average Bonchev–Trinajstić information content (AvgIpc) is 2.40. The first-order valence-corrected chi connectivity index (χ1v) is 6.89. The van der Waals surface area contributed by atoms with Crippen LogP contribution in [0.25, 0.3) is 0 Å². The summed E-state index contributed by atoms with van der Waals surface area (Å²) < 4.78 is 0. The van der Waals surface area contributed by atoms with Crippen molar-refractivity contribution in [2.45, 2.75) is 31.7 Å². The molecule has 2 rings (SSSR count). The molecule has 0 aliphatic heterocycles. The lowest BCUT2D eigenvalue weighted by molar-refractivity contribution is 0.0550. The molecule has 1 aromatic rings. The third-order valence-electron chi connectivity index (χ3n) is 3.72. The van der Waals surface area contributed by atoms with Gasteiger partial charge in [-0.2, -0.15) is 0 Å². The smallest absolute Gasteiger partial charge is 0.336 e. The minimum absolute atomic E-state index is 0.0249. The maximum atomic E-state index is 12.6. The Morgan fingerprint density at radius 1 is 1.20 bits per heavy atom. The van der Waals surface area contributed by atoms with Gasteiger partial charge in [-0.05, 0) is 37.8 Å². The molecule has 0 saturated heterocycles. The van der Waals surface area contributed by atoms with Crippen LogP contribution in [-0.4, -0.2) is 46.2 Å². The van der Waals surface area contributed by atoms with Gasteiger partial charge in [0.05, 0.1) is 11.1 Å². The summed E-state index contributed by atoms with van der Waals surface area (Å²) in [6.45, 7) is 0.491. The maximum absolute atomic E-state index is 12.6. The molecule has 20 heavy (non-hydrogen) atoms. The van der Waals surface area contributed by atoms with Crippen LogP contribution >= 0.6 is 0 Å². The number of benzene rings is 1. The van der Waals surface area contributed by atoms with Crippen LogP contribution in [0.3, 0.4) is 0 Å². The van der Waals surface area contributed by atoms with E-state index in [2.05, 4.69) is 0 Å². The third kappa shape index (κ3) is 2.99. The van der Waals surface area contributed by atoms with Crippen LogP contribution in [0.5, 0.6) is 0 Å². The molecule has 0 bridgehead atoms.